The summed E-state index contributed by atoms with van der Waals surface area (Å²) in [5.74, 6) is 0.890. The summed E-state index contributed by atoms with van der Waals surface area (Å²) in [6.45, 7) is 4.79. The molecule has 32 heavy (non-hydrogen) atoms. The van der Waals surface area contributed by atoms with Gasteiger partial charge in [0.2, 0.25) is 17.7 Å². The Morgan fingerprint density at radius 1 is 0.969 bits per heavy atom. The van der Waals surface area contributed by atoms with Crippen LogP contribution in [0.2, 0.25) is 0 Å². The lowest BCUT2D eigenvalue weighted by molar-refractivity contribution is -0.141. The Morgan fingerprint density at radius 3 is 2.47 bits per heavy atom. The Hall–Kier alpha value is -2.61. The molecule has 1 unspecified atom stereocenters. The van der Waals surface area contributed by atoms with Gasteiger partial charge in [-0.15, -0.1) is 0 Å². The van der Waals surface area contributed by atoms with Crippen LogP contribution < -0.4 is 4.74 Å². The van der Waals surface area contributed by atoms with E-state index in [1.807, 2.05) is 40.1 Å². The smallest absolute Gasteiger partial charge is 0.236 e. The van der Waals surface area contributed by atoms with Gasteiger partial charge in [-0.3, -0.25) is 19.3 Å². The van der Waals surface area contributed by atoms with Crippen LogP contribution in [0.4, 0.5) is 0 Å². The van der Waals surface area contributed by atoms with Crippen molar-refractivity contribution in [2.45, 2.75) is 25.7 Å². The molecule has 0 spiro atoms. The minimum Gasteiger partial charge on any atom is -0.493 e. The summed E-state index contributed by atoms with van der Waals surface area (Å²) in [4.78, 5) is 45.3. The topological polar surface area (TPSA) is 73.4 Å². The Balaban J connectivity index is 1.45. The molecule has 3 rings (SSSR count). The molecule has 2 heterocycles. The van der Waals surface area contributed by atoms with Crippen molar-refractivity contribution in [1.82, 2.24) is 19.6 Å². The largest absolute Gasteiger partial charge is 0.493 e. The van der Waals surface area contributed by atoms with E-state index in [2.05, 4.69) is 4.90 Å². The molecule has 8 heteroatoms. The summed E-state index contributed by atoms with van der Waals surface area (Å²) in [7, 11) is 3.53. The van der Waals surface area contributed by atoms with Crippen LogP contribution in [0.25, 0.3) is 0 Å². The van der Waals surface area contributed by atoms with Gasteiger partial charge in [0.25, 0.3) is 0 Å². The summed E-state index contributed by atoms with van der Waals surface area (Å²) in [5.41, 5.74) is 0. The lowest BCUT2D eigenvalue weighted by Gasteiger charge is -2.35. The second kappa shape index (κ2) is 11.9. The van der Waals surface area contributed by atoms with Crippen molar-refractivity contribution in [3.63, 3.8) is 0 Å². The Kier molecular flexibility index (Phi) is 8.90. The van der Waals surface area contributed by atoms with Gasteiger partial charge in [-0.1, -0.05) is 18.2 Å². The van der Waals surface area contributed by atoms with Crippen LogP contribution in [-0.2, 0) is 14.4 Å². The molecule has 0 bridgehead atoms. The van der Waals surface area contributed by atoms with Crippen LogP contribution in [0.5, 0.6) is 5.75 Å². The van der Waals surface area contributed by atoms with E-state index in [4.69, 9.17) is 4.74 Å². The highest BCUT2D eigenvalue weighted by atomic mass is 16.5. The van der Waals surface area contributed by atoms with E-state index in [0.29, 0.717) is 52.3 Å². The predicted octanol–water partition coefficient (Wildman–Crippen LogP) is 1.32. The number of amides is 3. The van der Waals surface area contributed by atoms with Crippen LogP contribution in [0.3, 0.4) is 0 Å². The zero-order valence-electron chi connectivity index (χ0n) is 19.4. The second-order valence-electron chi connectivity index (χ2n) is 8.83. The molecular formula is C24H36N4O4. The molecular weight excluding hydrogens is 408 g/mol. The standard InChI is InChI=1S/C24H36N4O4/c1-25(2)23(30)19-26-12-7-14-27(16-15-26)24(31)20-8-6-13-28(18-20)22(29)11-17-32-21-9-4-3-5-10-21/h3-5,9-10,20H,6-8,11-19H2,1-2H3. The molecule has 1 aromatic carbocycles. The maximum absolute atomic E-state index is 13.2. The summed E-state index contributed by atoms with van der Waals surface area (Å²) < 4.78 is 5.65. The van der Waals surface area contributed by atoms with Crippen molar-refractivity contribution in [3.05, 3.63) is 30.3 Å². The van der Waals surface area contributed by atoms with Crippen LogP contribution >= 0.6 is 0 Å². The zero-order valence-corrected chi connectivity index (χ0v) is 19.4. The SMILES string of the molecule is CN(C)C(=O)CN1CCCN(C(=O)C2CCCN(C(=O)CCOc3ccccc3)C2)CC1. The first-order chi connectivity index (χ1) is 15.4. The Bertz CT molecular complexity index is 771. The van der Waals surface area contributed by atoms with Gasteiger partial charge < -0.3 is 19.4 Å². The van der Waals surface area contributed by atoms with E-state index in [1.165, 1.54) is 0 Å². The summed E-state index contributed by atoms with van der Waals surface area (Å²) in [6.07, 6.45) is 2.84. The minimum absolute atomic E-state index is 0.0441. The first kappa shape index (κ1) is 24.0. The normalized spacial score (nSPS) is 19.9. The number of piperidine rings is 1. The first-order valence-corrected chi connectivity index (χ1v) is 11.6. The molecule has 0 radical (unpaired) electrons. The third kappa shape index (κ3) is 6.95. The lowest BCUT2D eigenvalue weighted by atomic mass is 9.96. The molecule has 176 valence electrons. The molecule has 2 aliphatic rings. The fourth-order valence-corrected chi connectivity index (χ4v) is 4.28. The number of hydrogen-bond donors (Lipinski definition) is 0. The minimum atomic E-state index is -0.141. The number of carbonyl (C=O) groups excluding carboxylic acids is 3. The number of ether oxygens (including phenoxy) is 1. The molecule has 2 saturated heterocycles. The van der Waals surface area contributed by atoms with Crippen molar-refractivity contribution in [1.29, 1.82) is 0 Å². The van der Waals surface area contributed by atoms with E-state index >= 15 is 0 Å². The fraction of sp³-hybridized carbons (Fsp3) is 0.625. The fourth-order valence-electron chi connectivity index (χ4n) is 4.28. The summed E-state index contributed by atoms with van der Waals surface area (Å²) in [5, 5.41) is 0. The maximum Gasteiger partial charge on any atom is 0.236 e. The van der Waals surface area contributed by atoms with Gasteiger partial charge in [-0.2, -0.15) is 0 Å². The number of nitrogens with zero attached hydrogens (tertiary/aromatic N) is 4. The number of likely N-dealkylation sites (N-methyl/N-ethyl adjacent to an activating group) is 1. The quantitative estimate of drug-likeness (QED) is 0.634. The number of hydrogen-bond acceptors (Lipinski definition) is 5. The van der Waals surface area contributed by atoms with Gasteiger partial charge in [0.05, 0.1) is 25.5 Å². The highest BCUT2D eigenvalue weighted by Crippen LogP contribution is 2.21. The number of benzene rings is 1. The predicted molar refractivity (Wildman–Crippen MR) is 122 cm³/mol. The van der Waals surface area contributed by atoms with Crippen LogP contribution in [-0.4, -0.2) is 104 Å². The number of likely N-dealkylation sites (tertiary alicyclic amines) is 1. The molecule has 2 aliphatic heterocycles. The molecule has 1 aromatic rings. The van der Waals surface area contributed by atoms with E-state index in [9.17, 15) is 14.4 Å². The highest BCUT2D eigenvalue weighted by molar-refractivity contribution is 5.81. The zero-order chi connectivity index (χ0) is 22.9. The van der Waals surface area contributed by atoms with Gasteiger partial charge in [0, 0.05) is 53.4 Å². The van der Waals surface area contributed by atoms with Gasteiger partial charge in [0.1, 0.15) is 5.75 Å². The molecule has 0 N–H and O–H groups in total. The monoisotopic (exact) mass is 444 g/mol. The van der Waals surface area contributed by atoms with Crippen LogP contribution in [0.1, 0.15) is 25.7 Å². The van der Waals surface area contributed by atoms with E-state index in [-0.39, 0.29) is 23.6 Å². The average molecular weight is 445 g/mol. The second-order valence-corrected chi connectivity index (χ2v) is 8.83. The maximum atomic E-state index is 13.2. The molecule has 1 atom stereocenters. The third-order valence-electron chi connectivity index (χ3n) is 6.21. The average Bonchev–Trinajstić information content (AvgIpc) is 3.04. The highest BCUT2D eigenvalue weighted by Gasteiger charge is 2.32. The molecule has 2 fully saturated rings. The van der Waals surface area contributed by atoms with Gasteiger partial charge in [-0.05, 0) is 31.4 Å². The van der Waals surface area contributed by atoms with Crippen LogP contribution in [0, 0.1) is 5.92 Å². The third-order valence-corrected chi connectivity index (χ3v) is 6.21. The number of rotatable bonds is 7. The number of carbonyl (C=O) groups is 3. The first-order valence-electron chi connectivity index (χ1n) is 11.6. The van der Waals surface area contributed by atoms with E-state index in [0.717, 1.165) is 31.6 Å². The van der Waals surface area contributed by atoms with E-state index < -0.39 is 0 Å². The number of para-hydroxylation sites is 1. The van der Waals surface area contributed by atoms with E-state index in [1.54, 1.807) is 19.0 Å². The van der Waals surface area contributed by atoms with Gasteiger partial charge in [0.15, 0.2) is 0 Å². The van der Waals surface area contributed by atoms with Crippen molar-refractivity contribution in [3.8, 4) is 5.75 Å². The van der Waals surface area contributed by atoms with Crippen molar-refractivity contribution in [2.24, 2.45) is 5.92 Å². The van der Waals surface area contributed by atoms with Crippen molar-refractivity contribution < 1.29 is 19.1 Å². The lowest BCUT2D eigenvalue weighted by Crippen LogP contribution is -2.47. The molecule has 3 amide bonds. The molecule has 0 aromatic heterocycles. The van der Waals surface area contributed by atoms with Crippen LogP contribution in [0.15, 0.2) is 30.3 Å². The molecule has 8 nitrogen and oxygen atoms in total. The summed E-state index contributed by atoms with van der Waals surface area (Å²) >= 11 is 0. The van der Waals surface area contributed by atoms with Crippen molar-refractivity contribution in [2.75, 3.05) is 66.5 Å². The molecule has 0 aliphatic carbocycles. The van der Waals surface area contributed by atoms with Gasteiger partial charge in [-0.25, -0.2) is 0 Å². The Labute approximate surface area is 191 Å². The Morgan fingerprint density at radius 2 is 1.72 bits per heavy atom. The molecule has 0 saturated carbocycles. The van der Waals surface area contributed by atoms with Gasteiger partial charge >= 0.3 is 0 Å². The summed E-state index contributed by atoms with van der Waals surface area (Å²) in [6, 6.07) is 9.48. The van der Waals surface area contributed by atoms with Crippen molar-refractivity contribution >= 4 is 17.7 Å².